The number of hydrogen-bond acceptors (Lipinski definition) is 4. The molecule has 0 aliphatic heterocycles. The minimum absolute atomic E-state index is 0.0919. The predicted molar refractivity (Wildman–Crippen MR) is 63.4 cm³/mol. The van der Waals surface area contributed by atoms with E-state index in [9.17, 15) is 14.9 Å². The maximum Gasteiger partial charge on any atom is 0.311 e. The first kappa shape index (κ1) is 13.2. The van der Waals surface area contributed by atoms with E-state index in [-0.39, 0.29) is 23.1 Å². The molecule has 5 heteroatoms. The van der Waals surface area contributed by atoms with Crippen LogP contribution in [0.5, 0.6) is 5.75 Å². The molecule has 0 aliphatic rings. The molecule has 1 aromatic carbocycles. The highest BCUT2D eigenvalue weighted by Crippen LogP contribution is 2.28. The third kappa shape index (κ3) is 3.27. The van der Waals surface area contributed by atoms with Crippen molar-refractivity contribution in [2.75, 3.05) is 7.11 Å². The number of hydrogen-bond donors (Lipinski definition) is 0. The Kier molecular flexibility index (Phi) is 4.20. The van der Waals surface area contributed by atoms with Crippen molar-refractivity contribution in [3.05, 3.63) is 33.9 Å². The maximum atomic E-state index is 11.8. The van der Waals surface area contributed by atoms with Crippen molar-refractivity contribution in [3.63, 3.8) is 0 Å². The lowest BCUT2D eigenvalue weighted by atomic mass is 10.0. The van der Waals surface area contributed by atoms with Gasteiger partial charge in [-0.3, -0.25) is 14.9 Å². The molecule has 0 saturated carbocycles. The third-order valence-electron chi connectivity index (χ3n) is 2.29. The minimum Gasteiger partial charge on any atom is -0.490 e. The first-order valence-corrected chi connectivity index (χ1v) is 5.31. The van der Waals surface area contributed by atoms with E-state index in [2.05, 4.69) is 0 Å². The van der Waals surface area contributed by atoms with E-state index >= 15 is 0 Å². The van der Waals surface area contributed by atoms with Gasteiger partial charge in [0, 0.05) is 18.1 Å². The smallest absolute Gasteiger partial charge is 0.311 e. The Hall–Kier alpha value is -1.91. The number of carbonyl (C=O) groups excluding carboxylic acids is 1. The number of methoxy groups -OCH3 is 1. The molecule has 0 unspecified atom stereocenters. The Morgan fingerprint density at radius 3 is 2.59 bits per heavy atom. The lowest BCUT2D eigenvalue weighted by Crippen LogP contribution is -2.04. The van der Waals surface area contributed by atoms with Crippen LogP contribution in [0.2, 0.25) is 0 Å². The fraction of sp³-hybridized carbons (Fsp3) is 0.417. The number of nitro benzene ring substituents is 1. The van der Waals surface area contributed by atoms with Gasteiger partial charge in [-0.05, 0) is 18.1 Å². The van der Waals surface area contributed by atoms with Gasteiger partial charge in [0.15, 0.2) is 11.5 Å². The van der Waals surface area contributed by atoms with E-state index in [4.69, 9.17) is 4.74 Å². The molecule has 0 saturated heterocycles. The van der Waals surface area contributed by atoms with Crippen molar-refractivity contribution in [2.24, 2.45) is 5.92 Å². The van der Waals surface area contributed by atoms with Gasteiger partial charge in [-0.1, -0.05) is 13.8 Å². The highest BCUT2D eigenvalue weighted by Gasteiger charge is 2.18. The number of nitro groups is 1. The highest BCUT2D eigenvalue weighted by molar-refractivity contribution is 5.97. The SMILES string of the molecule is COc1ccc(C(=O)CC(C)C)cc1[N+](=O)[O-]. The molecular formula is C12H15NO4. The Balaban J connectivity index is 3.08. The monoisotopic (exact) mass is 237 g/mol. The van der Waals surface area contributed by atoms with Gasteiger partial charge >= 0.3 is 5.69 Å². The summed E-state index contributed by atoms with van der Waals surface area (Å²) in [5.41, 5.74) is 0.174. The van der Waals surface area contributed by atoms with Crippen LogP contribution < -0.4 is 4.74 Å². The fourth-order valence-corrected chi connectivity index (χ4v) is 1.49. The zero-order valence-corrected chi connectivity index (χ0v) is 10.1. The summed E-state index contributed by atoms with van der Waals surface area (Å²) in [6.07, 6.45) is 0.378. The number of ketones is 1. The molecule has 0 amide bonds. The van der Waals surface area contributed by atoms with Crippen LogP contribution in [0.1, 0.15) is 30.6 Å². The van der Waals surface area contributed by atoms with E-state index in [1.54, 1.807) is 6.07 Å². The summed E-state index contributed by atoms with van der Waals surface area (Å²) < 4.78 is 4.87. The minimum atomic E-state index is -0.551. The fourth-order valence-electron chi connectivity index (χ4n) is 1.49. The van der Waals surface area contributed by atoms with Gasteiger partial charge in [0.2, 0.25) is 0 Å². The molecule has 1 rings (SSSR count). The predicted octanol–water partition coefficient (Wildman–Crippen LogP) is 2.83. The molecule has 0 aliphatic carbocycles. The van der Waals surface area contributed by atoms with E-state index in [1.165, 1.54) is 19.2 Å². The molecule has 0 heterocycles. The van der Waals surface area contributed by atoms with Crippen LogP contribution in [0.3, 0.4) is 0 Å². The van der Waals surface area contributed by atoms with Gasteiger partial charge in [-0.15, -0.1) is 0 Å². The van der Waals surface area contributed by atoms with Crippen molar-refractivity contribution in [1.82, 2.24) is 0 Å². The van der Waals surface area contributed by atoms with Crippen LogP contribution in [-0.2, 0) is 0 Å². The maximum absolute atomic E-state index is 11.8. The molecule has 1 aromatic rings. The zero-order chi connectivity index (χ0) is 13.0. The summed E-state index contributed by atoms with van der Waals surface area (Å²) in [5, 5.41) is 10.8. The van der Waals surface area contributed by atoms with Gasteiger partial charge in [0.05, 0.1) is 12.0 Å². The lowest BCUT2D eigenvalue weighted by Gasteiger charge is -2.06. The van der Waals surface area contributed by atoms with Crippen molar-refractivity contribution < 1.29 is 14.5 Å². The third-order valence-corrected chi connectivity index (χ3v) is 2.29. The van der Waals surface area contributed by atoms with E-state index in [1.807, 2.05) is 13.8 Å². The first-order chi connectivity index (χ1) is 7.95. The summed E-state index contributed by atoms with van der Waals surface area (Å²) in [5.74, 6) is 0.297. The molecular weight excluding hydrogens is 222 g/mol. The summed E-state index contributed by atoms with van der Waals surface area (Å²) in [6, 6.07) is 4.27. The van der Waals surface area contributed by atoms with Crippen molar-refractivity contribution in [1.29, 1.82) is 0 Å². The van der Waals surface area contributed by atoms with Crippen molar-refractivity contribution >= 4 is 11.5 Å². The van der Waals surface area contributed by atoms with E-state index in [0.717, 1.165) is 0 Å². The van der Waals surface area contributed by atoms with Gasteiger partial charge in [-0.25, -0.2) is 0 Å². The van der Waals surface area contributed by atoms with Crippen molar-refractivity contribution in [2.45, 2.75) is 20.3 Å². The summed E-state index contributed by atoms with van der Waals surface area (Å²) in [7, 11) is 1.36. The second kappa shape index (κ2) is 5.43. The quantitative estimate of drug-likeness (QED) is 0.448. The van der Waals surface area contributed by atoms with Crippen LogP contribution in [0.25, 0.3) is 0 Å². The number of ether oxygens (including phenoxy) is 1. The van der Waals surface area contributed by atoms with Crippen LogP contribution in [0, 0.1) is 16.0 Å². The van der Waals surface area contributed by atoms with Gasteiger partial charge in [0.25, 0.3) is 0 Å². The largest absolute Gasteiger partial charge is 0.490 e. The first-order valence-electron chi connectivity index (χ1n) is 5.31. The standard InChI is InChI=1S/C12H15NO4/c1-8(2)6-11(14)9-4-5-12(17-3)10(7-9)13(15)16/h4-5,7-8H,6H2,1-3H3. The van der Waals surface area contributed by atoms with Gasteiger partial charge in [0.1, 0.15) is 0 Å². The van der Waals surface area contributed by atoms with Crippen LogP contribution in [0.15, 0.2) is 18.2 Å². The molecule has 17 heavy (non-hydrogen) atoms. The van der Waals surface area contributed by atoms with Crippen molar-refractivity contribution in [3.8, 4) is 5.75 Å². The molecule has 0 atom stereocenters. The summed E-state index contributed by atoms with van der Waals surface area (Å²) in [4.78, 5) is 22.0. The van der Waals surface area contributed by atoms with Crippen LogP contribution in [0.4, 0.5) is 5.69 Å². The Bertz CT molecular complexity index is 440. The molecule has 0 radical (unpaired) electrons. The second-order valence-corrected chi connectivity index (χ2v) is 4.16. The van der Waals surface area contributed by atoms with Gasteiger partial charge in [-0.2, -0.15) is 0 Å². The second-order valence-electron chi connectivity index (χ2n) is 4.16. The lowest BCUT2D eigenvalue weighted by molar-refractivity contribution is -0.385. The molecule has 0 fully saturated rings. The van der Waals surface area contributed by atoms with Crippen LogP contribution >= 0.6 is 0 Å². The molecule has 5 nitrogen and oxygen atoms in total. The molecule has 0 aromatic heterocycles. The Morgan fingerprint density at radius 2 is 2.12 bits per heavy atom. The summed E-state index contributed by atoms with van der Waals surface area (Å²) in [6.45, 7) is 3.85. The average molecular weight is 237 g/mol. The van der Waals surface area contributed by atoms with E-state index in [0.29, 0.717) is 12.0 Å². The van der Waals surface area contributed by atoms with E-state index < -0.39 is 4.92 Å². The van der Waals surface area contributed by atoms with Gasteiger partial charge < -0.3 is 4.74 Å². The highest BCUT2D eigenvalue weighted by atomic mass is 16.6. The molecule has 0 spiro atoms. The number of carbonyl (C=O) groups is 1. The number of rotatable bonds is 5. The normalized spacial score (nSPS) is 10.4. The number of benzene rings is 1. The molecule has 0 bridgehead atoms. The summed E-state index contributed by atoms with van der Waals surface area (Å²) >= 11 is 0. The van der Waals surface area contributed by atoms with Crippen LogP contribution in [-0.4, -0.2) is 17.8 Å². The topological polar surface area (TPSA) is 69.4 Å². The average Bonchev–Trinajstić information content (AvgIpc) is 2.27. The molecule has 92 valence electrons. The number of nitrogens with zero attached hydrogens (tertiary/aromatic N) is 1. The Labute approximate surface area is 99.5 Å². The zero-order valence-electron chi connectivity index (χ0n) is 10.1. The Morgan fingerprint density at radius 1 is 1.47 bits per heavy atom. The number of Topliss-reactive ketones (excluding diaryl/α,β-unsaturated/α-hetero) is 1. The molecule has 0 N–H and O–H groups in total.